The number of aromatic nitrogens is 1. The van der Waals surface area contributed by atoms with Gasteiger partial charge in [0.15, 0.2) is 0 Å². The Labute approximate surface area is 96.8 Å². The van der Waals surface area contributed by atoms with Gasteiger partial charge in [-0.25, -0.2) is 0 Å². The largest absolute Gasteiger partial charge is 0.381 e. The van der Waals surface area contributed by atoms with Crippen LogP contribution in [0.15, 0.2) is 34.9 Å². The second-order valence-electron chi connectivity index (χ2n) is 3.91. The third-order valence-corrected chi connectivity index (χ3v) is 3.34. The van der Waals surface area contributed by atoms with Gasteiger partial charge in [-0.3, -0.25) is 4.98 Å². The number of halogens is 1. The van der Waals surface area contributed by atoms with Gasteiger partial charge >= 0.3 is 0 Å². The van der Waals surface area contributed by atoms with Crippen LogP contribution in [0, 0.1) is 0 Å². The molecule has 1 aliphatic rings. The molecule has 3 heteroatoms. The van der Waals surface area contributed by atoms with E-state index in [2.05, 4.69) is 44.4 Å². The fourth-order valence-corrected chi connectivity index (χ4v) is 2.15. The van der Waals surface area contributed by atoms with Gasteiger partial charge in [-0.2, -0.15) is 0 Å². The third-order valence-electron chi connectivity index (χ3n) is 2.65. The fraction of sp³-hybridized carbons (Fsp3) is 0.250. The molecule has 0 bridgehead atoms. The number of nitrogens with zero attached hydrogens (tertiary/aromatic N) is 1. The SMILES string of the molecule is Brc1ccc(NC2CC2)c2ncccc12. The lowest BCUT2D eigenvalue weighted by atomic mass is 10.2. The van der Waals surface area contributed by atoms with E-state index in [-0.39, 0.29) is 0 Å². The van der Waals surface area contributed by atoms with Gasteiger partial charge in [-0.05, 0) is 31.0 Å². The Balaban J connectivity index is 2.16. The van der Waals surface area contributed by atoms with Crippen LogP contribution < -0.4 is 5.32 Å². The van der Waals surface area contributed by atoms with E-state index in [0.29, 0.717) is 6.04 Å². The van der Waals surface area contributed by atoms with Crippen molar-refractivity contribution in [3.05, 3.63) is 34.9 Å². The smallest absolute Gasteiger partial charge is 0.0944 e. The van der Waals surface area contributed by atoms with Crippen molar-refractivity contribution in [1.29, 1.82) is 0 Å². The second-order valence-corrected chi connectivity index (χ2v) is 4.77. The Morgan fingerprint density at radius 3 is 2.93 bits per heavy atom. The summed E-state index contributed by atoms with van der Waals surface area (Å²) in [5.74, 6) is 0. The molecule has 0 atom stereocenters. The average molecular weight is 263 g/mol. The molecular formula is C12H11BrN2. The summed E-state index contributed by atoms with van der Waals surface area (Å²) in [7, 11) is 0. The van der Waals surface area contributed by atoms with E-state index in [1.807, 2.05) is 12.3 Å². The van der Waals surface area contributed by atoms with Crippen molar-refractivity contribution in [3.63, 3.8) is 0 Å². The van der Waals surface area contributed by atoms with Gasteiger partial charge < -0.3 is 5.32 Å². The summed E-state index contributed by atoms with van der Waals surface area (Å²) in [6, 6.07) is 8.89. The van der Waals surface area contributed by atoms with E-state index >= 15 is 0 Å². The molecule has 1 aromatic heterocycles. The predicted molar refractivity (Wildman–Crippen MR) is 66.1 cm³/mol. The van der Waals surface area contributed by atoms with Crippen molar-refractivity contribution in [1.82, 2.24) is 4.98 Å². The quantitative estimate of drug-likeness (QED) is 0.895. The molecule has 76 valence electrons. The lowest BCUT2D eigenvalue weighted by Crippen LogP contribution is -2.01. The van der Waals surface area contributed by atoms with Crippen LogP contribution in [-0.4, -0.2) is 11.0 Å². The number of anilines is 1. The Morgan fingerprint density at radius 1 is 1.27 bits per heavy atom. The van der Waals surface area contributed by atoms with Crippen molar-refractivity contribution in [2.45, 2.75) is 18.9 Å². The molecule has 1 saturated carbocycles. The topological polar surface area (TPSA) is 24.9 Å². The number of hydrogen-bond donors (Lipinski definition) is 1. The van der Waals surface area contributed by atoms with Gasteiger partial charge in [0.25, 0.3) is 0 Å². The summed E-state index contributed by atoms with van der Waals surface area (Å²) in [5.41, 5.74) is 2.20. The van der Waals surface area contributed by atoms with Crippen molar-refractivity contribution >= 4 is 32.5 Å². The molecule has 15 heavy (non-hydrogen) atoms. The van der Waals surface area contributed by atoms with Gasteiger partial charge in [0.2, 0.25) is 0 Å². The highest BCUT2D eigenvalue weighted by Crippen LogP contribution is 2.32. The Hall–Kier alpha value is -1.09. The minimum atomic E-state index is 0.663. The lowest BCUT2D eigenvalue weighted by molar-refractivity contribution is 1.16. The monoisotopic (exact) mass is 262 g/mol. The zero-order chi connectivity index (χ0) is 10.3. The van der Waals surface area contributed by atoms with Gasteiger partial charge in [0, 0.05) is 22.1 Å². The Bertz CT molecular complexity index is 506. The first kappa shape index (κ1) is 9.16. The molecule has 1 aromatic carbocycles. The normalized spacial score (nSPS) is 15.5. The predicted octanol–water partition coefficient (Wildman–Crippen LogP) is 3.57. The summed E-state index contributed by atoms with van der Waals surface area (Å²) in [6.07, 6.45) is 4.40. The molecule has 1 aliphatic carbocycles. The summed E-state index contributed by atoms with van der Waals surface area (Å²) < 4.78 is 1.10. The molecule has 1 fully saturated rings. The van der Waals surface area contributed by atoms with Crippen LogP contribution in [0.2, 0.25) is 0 Å². The first-order valence-corrected chi connectivity index (χ1v) is 5.93. The van der Waals surface area contributed by atoms with Gasteiger partial charge in [0.05, 0.1) is 11.2 Å². The van der Waals surface area contributed by atoms with Crippen LogP contribution in [0.25, 0.3) is 10.9 Å². The van der Waals surface area contributed by atoms with Crippen LogP contribution in [0.1, 0.15) is 12.8 Å². The molecule has 1 heterocycles. The number of pyridine rings is 1. The highest BCUT2D eigenvalue weighted by atomic mass is 79.9. The summed E-state index contributed by atoms with van der Waals surface area (Å²) in [6.45, 7) is 0. The summed E-state index contributed by atoms with van der Waals surface area (Å²) in [4.78, 5) is 4.43. The lowest BCUT2D eigenvalue weighted by Gasteiger charge is -2.08. The number of fused-ring (bicyclic) bond motifs is 1. The highest BCUT2D eigenvalue weighted by molar-refractivity contribution is 9.10. The van der Waals surface area contributed by atoms with Crippen LogP contribution in [0.5, 0.6) is 0 Å². The minimum absolute atomic E-state index is 0.663. The zero-order valence-electron chi connectivity index (χ0n) is 8.20. The van der Waals surface area contributed by atoms with E-state index in [0.717, 1.165) is 15.7 Å². The van der Waals surface area contributed by atoms with E-state index in [1.165, 1.54) is 18.2 Å². The molecule has 2 aromatic rings. The van der Waals surface area contributed by atoms with E-state index < -0.39 is 0 Å². The molecule has 0 saturated heterocycles. The Morgan fingerprint density at radius 2 is 2.13 bits per heavy atom. The van der Waals surface area contributed by atoms with Gasteiger partial charge in [-0.15, -0.1) is 0 Å². The standard InChI is InChI=1S/C12H11BrN2/c13-10-5-6-11(15-8-3-4-8)12-9(10)2-1-7-14-12/h1-2,5-8,15H,3-4H2. The molecular weight excluding hydrogens is 252 g/mol. The van der Waals surface area contributed by atoms with E-state index in [9.17, 15) is 0 Å². The van der Waals surface area contributed by atoms with Gasteiger partial charge in [-0.1, -0.05) is 22.0 Å². The fourth-order valence-electron chi connectivity index (χ4n) is 1.70. The average Bonchev–Trinajstić information content (AvgIpc) is 3.07. The van der Waals surface area contributed by atoms with Crippen molar-refractivity contribution in [2.75, 3.05) is 5.32 Å². The third kappa shape index (κ3) is 1.72. The molecule has 0 amide bonds. The molecule has 1 N–H and O–H groups in total. The maximum Gasteiger partial charge on any atom is 0.0944 e. The Kier molecular flexibility index (Phi) is 2.13. The molecule has 0 spiro atoms. The summed E-state index contributed by atoms with van der Waals surface area (Å²) >= 11 is 3.55. The van der Waals surface area contributed by atoms with E-state index in [1.54, 1.807) is 0 Å². The van der Waals surface area contributed by atoms with Crippen molar-refractivity contribution in [2.24, 2.45) is 0 Å². The van der Waals surface area contributed by atoms with Crippen LogP contribution in [0.3, 0.4) is 0 Å². The zero-order valence-corrected chi connectivity index (χ0v) is 9.79. The van der Waals surface area contributed by atoms with E-state index in [4.69, 9.17) is 0 Å². The molecule has 0 aliphatic heterocycles. The first-order valence-electron chi connectivity index (χ1n) is 5.14. The minimum Gasteiger partial charge on any atom is -0.381 e. The maximum absolute atomic E-state index is 4.43. The number of nitrogens with one attached hydrogen (secondary N) is 1. The second kappa shape index (κ2) is 3.49. The number of benzene rings is 1. The number of hydrogen-bond acceptors (Lipinski definition) is 2. The van der Waals surface area contributed by atoms with Crippen molar-refractivity contribution in [3.8, 4) is 0 Å². The highest BCUT2D eigenvalue weighted by Gasteiger charge is 2.21. The van der Waals surface area contributed by atoms with Crippen LogP contribution in [0.4, 0.5) is 5.69 Å². The molecule has 2 nitrogen and oxygen atoms in total. The first-order chi connectivity index (χ1) is 7.34. The van der Waals surface area contributed by atoms with Crippen LogP contribution >= 0.6 is 15.9 Å². The van der Waals surface area contributed by atoms with Crippen LogP contribution in [-0.2, 0) is 0 Å². The maximum atomic E-state index is 4.43. The molecule has 3 rings (SSSR count). The summed E-state index contributed by atoms with van der Waals surface area (Å²) in [5, 5.41) is 4.67. The number of rotatable bonds is 2. The molecule has 0 radical (unpaired) electrons. The van der Waals surface area contributed by atoms with Crippen molar-refractivity contribution < 1.29 is 0 Å². The van der Waals surface area contributed by atoms with Gasteiger partial charge in [0.1, 0.15) is 0 Å². The molecule has 0 unspecified atom stereocenters.